The largest absolute Gasteiger partial charge is 0.333 e. The number of hydrogen-bond donors (Lipinski definition) is 1. The van der Waals surface area contributed by atoms with Crippen LogP contribution in [0.4, 0.5) is 0 Å². The van der Waals surface area contributed by atoms with Crippen LogP contribution < -0.4 is 5.73 Å². The Kier molecular flexibility index (Phi) is 2.87. The standard InChI is InChI=1S/C11H19N3/c1-9(12)11-6-13-8-14(11)7-10-4-2-3-5-10/h6,8-10H,2-5,7,12H2,1H3. The fourth-order valence-electron chi connectivity index (χ4n) is 2.33. The zero-order chi connectivity index (χ0) is 9.97. The molecule has 0 aliphatic heterocycles. The van der Waals surface area contributed by atoms with Crippen molar-refractivity contribution >= 4 is 0 Å². The number of hydrogen-bond acceptors (Lipinski definition) is 2. The molecule has 2 N–H and O–H groups in total. The SMILES string of the molecule is CC(N)c1cncn1CC1CCCC1. The normalized spacial score (nSPS) is 20.1. The quantitative estimate of drug-likeness (QED) is 0.798. The molecular weight excluding hydrogens is 174 g/mol. The van der Waals surface area contributed by atoms with Crippen LogP contribution in [0.25, 0.3) is 0 Å². The smallest absolute Gasteiger partial charge is 0.0948 e. The fourth-order valence-corrected chi connectivity index (χ4v) is 2.33. The third kappa shape index (κ3) is 1.98. The van der Waals surface area contributed by atoms with Crippen molar-refractivity contribution in [3.63, 3.8) is 0 Å². The summed E-state index contributed by atoms with van der Waals surface area (Å²) in [6.07, 6.45) is 9.34. The molecule has 0 aromatic carbocycles. The highest BCUT2D eigenvalue weighted by molar-refractivity contribution is 5.03. The van der Waals surface area contributed by atoms with Gasteiger partial charge in [-0.2, -0.15) is 0 Å². The Balaban J connectivity index is 2.04. The van der Waals surface area contributed by atoms with E-state index < -0.39 is 0 Å². The Morgan fingerprint density at radius 2 is 2.29 bits per heavy atom. The summed E-state index contributed by atoms with van der Waals surface area (Å²) in [5, 5.41) is 0. The van der Waals surface area contributed by atoms with Gasteiger partial charge in [-0.15, -0.1) is 0 Å². The van der Waals surface area contributed by atoms with E-state index in [0.717, 1.165) is 18.2 Å². The topological polar surface area (TPSA) is 43.8 Å². The molecule has 0 bridgehead atoms. The molecular formula is C11H19N3. The van der Waals surface area contributed by atoms with Crippen molar-refractivity contribution in [3.8, 4) is 0 Å². The second-order valence-electron chi connectivity index (χ2n) is 4.41. The average molecular weight is 193 g/mol. The summed E-state index contributed by atoms with van der Waals surface area (Å²) in [5.41, 5.74) is 7.04. The predicted octanol–water partition coefficient (Wildman–Crippen LogP) is 2.09. The maximum absolute atomic E-state index is 5.87. The number of nitrogens with two attached hydrogens (primary N) is 1. The van der Waals surface area contributed by atoms with Crippen LogP contribution in [0.3, 0.4) is 0 Å². The van der Waals surface area contributed by atoms with E-state index in [0.29, 0.717) is 0 Å². The van der Waals surface area contributed by atoms with E-state index >= 15 is 0 Å². The van der Waals surface area contributed by atoms with Gasteiger partial charge in [-0.1, -0.05) is 12.8 Å². The summed E-state index contributed by atoms with van der Waals surface area (Å²) < 4.78 is 2.22. The highest BCUT2D eigenvalue weighted by atomic mass is 15.1. The van der Waals surface area contributed by atoms with Crippen molar-refractivity contribution in [1.82, 2.24) is 9.55 Å². The maximum Gasteiger partial charge on any atom is 0.0948 e. The van der Waals surface area contributed by atoms with Crippen LogP contribution in [0.5, 0.6) is 0 Å². The van der Waals surface area contributed by atoms with Crippen molar-refractivity contribution in [1.29, 1.82) is 0 Å². The van der Waals surface area contributed by atoms with Gasteiger partial charge in [0.05, 0.1) is 12.0 Å². The van der Waals surface area contributed by atoms with Crippen molar-refractivity contribution < 1.29 is 0 Å². The van der Waals surface area contributed by atoms with E-state index in [4.69, 9.17) is 5.73 Å². The highest BCUT2D eigenvalue weighted by Crippen LogP contribution is 2.26. The van der Waals surface area contributed by atoms with Crippen LogP contribution in [-0.4, -0.2) is 9.55 Å². The molecule has 0 radical (unpaired) electrons. The molecule has 1 saturated carbocycles. The van der Waals surface area contributed by atoms with Gasteiger partial charge in [0.2, 0.25) is 0 Å². The van der Waals surface area contributed by atoms with Gasteiger partial charge in [0.1, 0.15) is 0 Å². The van der Waals surface area contributed by atoms with Crippen LogP contribution in [-0.2, 0) is 6.54 Å². The molecule has 3 nitrogen and oxygen atoms in total. The Bertz CT molecular complexity index is 284. The zero-order valence-electron chi connectivity index (χ0n) is 8.82. The minimum absolute atomic E-state index is 0.0962. The number of nitrogens with zero attached hydrogens (tertiary/aromatic N) is 2. The van der Waals surface area contributed by atoms with Crippen molar-refractivity contribution in [2.45, 2.75) is 45.2 Å². The molecule has 78 valence electrons. The van der Waals surface area contributed by atoms with Gasteiger partial charge >= 0.3 is 0 Å². The molecule has 0 spiro atoms. The van der Waals surface area contributed by atoms with Crippen LogP contribution in [0, 0.1) is 5.92 Å². The van der Waals surface area contributed by atoms with Crippen LogP contribution in [0.1, 0.15) is 44.3 Å². The van der Waals surface area contributed by atoms with Gasteiger partial charge in [-0.05, 0) is 25.7 Å². The number of aromatic nitrogens is 2. The zero-order valence-corrected chi connectivity index (χ0v) is 8.82. The predicted molar refractivity (Wildman–Crippen MR) is 56.8 cm³/mol. The Labute approximate surface area is 85.3 Å². The van der Waals surface area contributed by atoms with E-state index in [1.165, 1.54) is 25.7 Å². The van der Waals surface area contributed by atoms with E-state index in [1.54, 1.807) is 0 Å². The highest BCUT2D eigenvalue weighted by Gasteiger charge is 2.17. The first-order chi connectivity index (χ1) is 6.77. The molecule has 1 fully saturated rings. The summed E-state index contributed by atoms with van der Waals surface area (Å²) in [4.78, 5) is 4.17. The molecule has 1 atom stereocenters. The van der Waals surface area contributed by atoms with E-state index in [9.17, 15) is 0 Å². The van der Waals surface area contributed by atoms with Crippen molar-refractivity contribution in [2.75, 3.05) is 0 Å². The van der Waals surface area contributed by atoms with Gasteiger partial charge < -0.3 is 10.3 Å². The van der Waals surface area contributed by atoms with Crippen LogP contribution >= 0.6 is 0 Å². The van der Waals surface area contributed by atoms with E-state index in [2.05, 4.69) is 9.55 Å². The van der Waals surface area contributed by atoms with E-state index in [1.807, 2.05) is 19.4 Å². The summed E-state index contributed by atoms with van der Waals surface area (Å²) >= 11 is 0. The Morgan fingerprint density at radius 1 is 1.57 bits per heavy atom. The van der Waals surface area contributed by atoms with E-state index in [-0.39, 0.29) is 6.04 Å². The Hall–Kier alpha value is -0.830. The second kappa shape index (κ2) is 4.13. The second-order valence-corrected chi connectivity index (χ2v) is 4.41. The average Bonchev–Trinajstić information content (AvgIpc) is 2.75. The van der Waals surface area contributed by atoms with Gasteiger partial charge in [0.15, 0.2) is 0 Å². The minimum atomic E-state index is 0.0962. The van der Waals surface area contributed by atoms with Gasteiger partial charge in [-0.3, -0.25) is 0 Å². The summed E-state index contributed by atoms with van der Waals surface area (Å²) in [5.74, 6) is 0.849. The molecule has 1 unspecified atom stereocenters. The maximum atomic E-state index is 5.87. The monoisotopic (exact) mass is 193 g/mol. The van der Waals surface area contributed by atoms with Crippen molar-refractivity contribution in [2.24, 2.45) is 11.7 Å². The van der Waals surface area contributed by atoms with Crippen LogP contribution in [0.15, 0.2) is 12.5 Å². The first-order valence-corrected chi connectivity index (χ1v) is 5.53. The molecule has 1 aromatic rings. The summed E-state index contributed by atoms with van der Waals surface area (Å²) in [6.45, 7) is 3.12. The lowest BCUT2D eigenvalue weighted by Crippen LogP contribution is -2.15. The minimum Gasteiger partial charge on any atom is -0.333 e. The molecule has 0 saturated heterocycles. The number of imidazole rings is 1. The van der Waals surface area contributed by atoms with Crippen LogP contribution in [0.2, 0.25) is 0 Å². The van der Waals surface area contributed by atoms with Crippen molar-refractivity contribution in [3.05, 3.63) is 18.2 Å². The molecule has 0 amide bonds. The molecule has 14 heavy (non-hydrogen) atoms. The molecule has 2 rings (SSSR count). The molecule has 1 aromatic heterocycles. The van der Waals surface area contributed by atoms with Gasteiger partial charge in [0.25, 0.3) is 0 Å². The number of rotatable bonds is 3. The third-order valence-corrected chi connectivity index (χ3v) is 3.14. The molecule has 3 heteroatoms. The third-order valence-electron chi connectivity index (χ3n) is 3.14. The van der Waals surface area contributed by atoms with Gasteiger partial charge in [-0.25, -0.2) is 4.98 Å². The first-order valence-electron chi connectivity index (χ1n) is 5.53. The summed E-state index contributed by atoms with van der Waals surface area (Å²) in [7, 11) is 0. The molecule has 1 heterocycles. The summed E-state index contributed by atoms with van der Waals surface area (Å²) in [6, 6.07) is 0.0962. The first kappa shape index (κ1) is 9.71. The van der Waals surface area contributed by atoms with Gasteiger partial charge in [0, 0.05) is 18.8 Å². The Morgan fingerprint density at radius 3 is 2.93 bits per heavy atom. The lowest BCUT2D eigenvalue weighted by atomic mass is 10.1. The molecule has 1 aliphatic rings. The molecule has 1 aliphatic carbocycles. The fraction of sp³-hybridized carbons (Fsp3) is 0.727. The lowest BCUT2D eigenvalue weighted by molar-refractivity contribution is 0.443. The lowest BCUT2D eigenvalue weighted by Gasteiger charge is -2.14.